The zero-order valence-electron chi connectivity index (χ0n) is 12.9. The molecule has 7 heteroatoms. The van der Waals surface area contributed by atoms with E-state index in [1.807, 2.05) is 13.0 Å². The summed E-state index contributed by atoms with van der Waals surface area (Å²) in [5.74, 6) is -0.504. The fraction of sp³-hybridized carbons (Fsp3) is 0.533. The van der Waals surface area contributed by atoms with Gasteiger partial charge in [-0.05, 0) is 31.1 Å². The third-order valence-corrected chi connectivity index (χ3v) is 4.50. The van der Waals surface area contributed by atoms with E-state index in [0.717, 1.165) is 11.1 Å². The van der Waals surface area contributed by atoms with Crippen LogP contribution in [0.1, 0.15) is 20.3 Å². The normalized spacial score (nSPS) is 31.2. The van der Waals surface area contributed by atoms with Gasteiger partial charge in [0, 0.05) is 25.6 Å². The summed E-state index contributed by atoms with van der Waals surface area (Å²) < 4.78 is 5.41. The molecule has 1 aliphatic carbocycles. The summed E-state index contributed by atoms with van der Waals surface area (Å²) in [4.78, 5) is 37.4. The van der Waals surface area contributed by atoms with Crippen LogP contribution in [0.25, 0.3) is 0 Å². The van der Waals surface area contributed by atoms with Gasteiger partial charge >= 0.3 is 6.03 Å². The highest BCUT2D eigenvalue weighted by molar-refractivity contribution is 6.07. The first kappa shape index (κ1) is 14.8. The molecule has 22 heavy (non-hydrogen) atoms. The van der Waals surface area contributed by atoms with Gasteiger partial charge in [0.05, 0.1) is 12.6 Å². The molecule has 0 aromatic rings. The molecule has 0 bridgehead atoms. The third-order valence-electron chi connectivity index (χ3n) is 4.50. The molecule has 2 aliphatic heterocycles. The highest BCUT2D eigenvalue weighted by Crippen LogP contribution is 2.33. The maximum absolute atomic E-state index is 12.5. The molecular weight excluding hydrogens is 286 g/mol. The minimum absolute atomic E-state index is 0.00318. The van der Waals surface area contributed by atoms with Crippen molar-refractivity contribution >= 4 is 17.8 Å². The molecule has 0 spiro atoms. The number of rotatable bonds is 3. The van der Waals surface area contributed by atoms with Crippen molar-refractivity contribution in [3.8, 4) is 0 Å². The van der Waals surface area contributed by atoms with Crippen LogP contribution < -0.4 is 10.6 Å². The van der Waals surface area contributed by atoms with Gasteiger partial charge in [-0.25, -0.2) is 4.79 Å². The van der Waals surface area contributed by atoms with Crippen molar-refractivity contribution in [2.75, 3.05) is 20.2 Å². The van der Waals surface area contributed by atoms with Crippen molar-refractivity contribution in [1.82, 2.24) is 15.5 Å². The molecule has 0 saturated carbocycles. The van der Waals surface area contributed by atoms with Crippen LogP contribution in [0.4, 0.5) is 4.79 Å². The van der Waals surface area contributed by atoms with E-state index < -0.39 is 17.5 Å². The van der Waals surface area contributed by atoms with Crippen molar-refractivity contribution < 1.29 is 19.1 Å². The number of ether oxygens (including phenoxy) is 1. The lowest BCUT2D eigenvalue weighted by Crippen LogP contribution is -2.53. The predicted molar refractivity (Wildman–Crippen MR) is 77.9 cm³/mol. The molecule has 3 rings (SSSR count). The number of urea groups is 1. The molecule has 1 fully saturated rings. The van der Waals surface area contributed by atoms with Crippen LogP contribution in [0, 0.1) is 0 Å². The minimum Gasteiger partial charge on any atom is -0.377 e. The molecule has 7 nitrogen and oxygen atoms in total. The van der Waals surface area contributed by atoms with Crippen LogP contribution in [0.3, 0.4) is 0 Å². The van der Waals surface area contributed by atoms with Crippen LogP contribution in [0.15, 0.2) is 22.8 Å². The van der Waals surface area contributed by atoms with Gasteiger partial charge in [-0.3, -0.25) is 14.9 Å². The minimum atomic E-state index is -1.08. The standard InChI is InChI=1S/C15H19N3O4/c1-8-4-10-9(5-11(8)22-3)6-18(12(10)19)7-15(2)13(20)16-14(21)17-15/h4,11H,5-7H2,1-3H3,(H2,16,17,20,21). The molecule has 2 N–H and O–H groups in total. The number of methoxy groups -OCH3 is 1. The smallest absolute Gasteiger partial charge is 0.322 e. The number of carbonyl (C=O) groups is 3. The molecule has 3 aliphatic rings. The zero-order valence-corrected chi connectivity index (χ0v) is 12.9. The van der Waals surface area contributed by atoms with E-state index in [4.69, 9.17) is 4.74 Å². The summed E-state index contributed by atoms with van der Waals surface area (Å²) in [6.45, 7) is 4.19. The van der Waals surface area contributed by atoms with Crippen molar-refractivity contribution in [2.24, 2.45) is 0 Å². The van der Waals surface area contributed by atoms with Gasteiger partial charge in [0.2, 0.25) is 0 Å². The van der Waals surface area contributed by atoms with Crippen molar-refractivity contribution in [3.05, 3.63) is 22.8 Å². The van der Waals surface area contributed by atoms with Crippen LogP contribution >= 0.6 is 0 Å². The lowest BCUT2D eigenvalue weighted by Gasteiger charge is -2.27. The number of amides is 4. The van der Waals surface area contributed by atoms with E-state index in [1.54, 1.807) is 18.9 Å². The van der Waals surface area contributed by atoms with Crippen molar-refractivity contribution in [2.45, 2.75) is 31.9 Å². The largest absolute Gasteiger partial charge is 0.377 e. The Morgan fingerprint density at radius 3 is 2.73 bits per heavy atom. The van der Waals surface area contributed by atoms with E-state index >= 15 is 0 Å². The van der Waals surface area contributed by atoms with Gasteiger partial charge in [0.1, 0.15) is 5.54 Å². The Morgan fingerprint density at radius 1 is 1.41 bits per heavy atom. The first-order valence-corrected chi connectivity index (χ1v) is 7.20. The Kier molecular flexibility index (Phi) is 3.32. The first-order chi connectivity index (χ1) is 10.3. The third kappa shape index (κ3) is 2.21. The zero-order chi connectivity index (χ0) is 16.1. The maximum Gasteiger partial charge on any atom is 0.322 e. The Hall–Kier alpha value is -2.15. The Balaban J connectivity index is 1.77. The fourth-order valence-electron chi connectivity index (χ4n) is 3.22. The number of hydrogen-bond acceptors (Lipinski definition) is 4. The molecule has 118 valence electrons. The van der Waals surface area contributed by atoms with Gasteiger partial charge in [-0.15, -0.1) is 0 Å². The number of carbonyl (C=O) groups excluding carboxylic acids is 3. The Labute approximate surface area is 128 Å². The van der Waals surface area contributed by atoms with Gasteiger partial charge in [0.15, 0.2) is 0 Å². The van der Waals surface area contributed by atoms with Gasteiger partial charge < -0.3 is 15.0 Å². The average molecular weight is 305 g/mol. The van der Waals surface area contributed by atoms with Crippen molar-refractivity contribution in [3.63, 3.8) is 0 Å². The molecule has 1 saturated heterocycles. The molecule has 0 radical (unpaired) electrons. The highest BCUT2D eigenvalue weighted by atomic mass is 16.5. The summed E-state index contributed by atoms with van der Waals surface area (Å²) in [7, 11) is 1.65. The number of nitrogens with one attached hydrogen (secondary N) is 2. The van der Waals surface area contributed by atoms with Gasteiger partial charge in [-0.1, -0.05) is 0 Å². The second-order valence-electron chi connectivity index (χ2n) is 6.24. The maximum atomic E-state index is 12.5. The average Bonchev–Trinajstić information content (AvgIpc) is 2.87. The van der Waals surface area contributed by atoms with Crippen LogP contribution in [0.2, 0.25) is 0 Å². The summed E-state index contributed by atoms with van der Waals surface area (Å²) >= 11 is 0. The summed E-state index contributed by atoms with van der Waals surface area (Å²) in [5.41, 5.74) is 1.66. The van der Waals surface area contributed by atoms with E-state index in [1.165, 1.54) is 0 Å². The van der Waals surface area contributed by atoms with E-state index in [0.29, 0.717) is 18.5 Å². The fourth-order valence-corrected chi connectivity index (χ4v) is 3.22. The van der Waals surface area contributed by atoms with Crippen LogP contribution in [-0.2, 0) is 14.3 Å². The number of imide groups is 1. The molecule has 0 aromatic heterocycles. The van der Waals surface area contributed by atoms with E-state index in [-0.39, 0.29) is 18.6 Å². The second-order valence-corrected chi connectivity index (χ2v) is 6.24. The summed E-state index contributed by atoms with van der Waals surface area (Å²) in [6, 6.07) is -0.521. The number of nitrogens with zero attached hydrogens (tertiary/aromatic N) is 1. The van der Waals surface area contributed by atoms with Gasteiger partial charge in [-0.2, -0.15) is 0 Å². The second kappa shape index (κ2) is 4.95. The first-order valence-electron chi connectivity index (χ1n) is 7.20. The Morgan fingerprint density at radius 2 is 2.14 bits per heavy atom. The van der Waals surface area contributed by atoms with Crippen LogP contribution in [-0.4, -0.2) is 54.6 Å². The quantitative estimate of drug-likeness (QED) is 0.723. The molecule has 0 aromatic carbocycles. The van der Waals surface area contributed by atoms with Crippen LogP contribution in [0.5, 0.6) is 0 Å². The molecule has 2 atom stereocenters. The molecular formula is C15H19N3O4. The van der Waals surface area contributed by atoms with Gasteiger partial charge in [0.25, 0.3) is 11.8 Å². The predicted octanol–water partition coefficient (Wildman–Crippen LogP) is 0.0883. The molecule has 2 unspecified atom stereocenters. The monoisotopic (exact) mass is 305 g/mol. The molecule has 2 heterocycles. The lowest BCUT2D eigenvalue weighted by atomic mass is 9.92. The molecule has 4 amide bonds. The van der Waals surface area contributed by atoms with E-state index in [2.05, 4.69) is 10.6 Å². The number of hydrogen-bond donors (Lipinski definition) is 2. The topological polar surface area (TPSA) is 87.7 Å². The SMILES string of the molecule is COC1CC2=C(C=C1C)C(=O)N(CC1(C)NC(=O)NC1=O)C2. The highest BCUT2D eigenvalue weighted by Gasteiger charge is 2.46. The Bertz CT molecular complexity index is 637. The summed E-state index contributed by atoms with van der Waals surface area (Å²) in [6.07, 6.45) is 2.55. The van der Waals surface area contributed by atoms with E-state index in [9.17, 15) is 14.4 Å². The lowest BCUT2D eigenvalue weighted by molar-refractivity contribution is -0.128. The van der Waals surface area contributed by atoms with Crippen molar-refractivity contribution in [1.29, 1.82) is 0 Å². The summed E-state index contributed by atoms with van der Waals surface area (Å²) in [5, 5.41) is 4.80.